The SMILES string of the molecule is COc1ccc(C(=O)C(C)N)cc1Cl. The number of nitrogens with two attached hydrogens (primary N) is 1. The second-order valence-electron chi connectivity index (χ2n) is 3.00. The molecule has 1 aromatic rings. The summed E-state index contributed by atoms with van der Waals surface area (Å²) in [6, 6.07) is 4.35. The van der Waals surface area contributed by atoms with Gasteiger partial charge in [0.2, 0.25) is 0 Å². The van der Waals surface area contributed by atoms with Gasteiger partial charge in [0.25, 0.3) is 0 Å². The Morgan fingerprint density at radius 1 is 1.57 bits per heavy atom. The topological polar surface area (TPSA) is 52.3 Å². The van der Waals surface area contributed by atoms with Crippen LogP contribution < -0.4 is 10.5 Å². The fraction of sp³-hybridized carbons (Fsp3) is 0.300. The molecule has 0 saturated heterocycles. The standard InChI is InChI=1S/C10H12ClNO2/c1-6(12)10(13)7-3-4-9(14-2)8(11)5-7/h3-6H,12H2,1-2H3. The van der Waals surface area contributed by atoms with Crippen LogP contribution in [0.3, 0.4) is 0 Å². The van der Waals surface area contributed by atoms with E-state index >= 15 is 0 Å². The van der Waals surface area contributed by atoms with Crippen molar-refractivity contribution in [2.45, 2.75) is 13.0 Å². The second-order valence-corrected chi connectivity index (χ2v) is 3.41. The number of hydrogen-bond acceptors (Lipinski definition) is 3. The molecule has 0 bridgehead atoms. The molecule has 1 rings (SSSR count). The average Bonchev–Trinajstić information content (AvgIpc) is 2.16. The molecule has 0 fully saturated rings. The number of ketones is 1. The van der Waals surface area contributed by atoms with Gasteiger partial charge in [-0.2, -0.15) is 0 Å². The number of carbonyl (C=O) groups is 1. The minimum absolute atomic E-state index is 0.130. The zero-order valence-electron chi connectivity index (χ0n) is 8.08. The lowest BCUT2D eigenvalue weighted by Crippen LogP contribution is -2.26. The summed E-state index contributed by atoms with van der Waals surface area (Å²) in [6.45, 7) is 1.64. The van der Waals surface area contributed by atoms with Crippen LogP contribution in [0.2, 0.25) is 5.02 Å². The minimum Gasteiger partial charge on any atom is -0.495 e. The van der Waals surface area contributed by atoms with E-state index in [1.165, 1.54) is 7.11 Å². The van der Waals surface area contributed by atoms with Gasteiger partial charge in [0.05, 0.1) is 18.2 Å². The molecule has 1 aromatic carbocycles. The first kappa shape index (κ1) is 11.0. The number of hydrogen-bond donors (Lipinski definition) is 1. The van der Waals surface area contributed by atoms with Crippen LogP contribution in [0.15, 0.2) is 18.2 Å². The summed E-state index contributed by atoms with van der Waals surface area (Å²) in [7, 11) is 1.52. The van der Waals surface area contributed by atoms with Gasteiger partial charge in [0, 0.05) is 5.56 Å². The number of carbonyl (C=O) groups excluding carboxylic acids is 1. The molecule has 3 nitrogen and oxygen atoms in total. The Morgan fingerprint density at radius 3 is 2.64 bits per heavy atom. The van der Waals surface area contributed by atoms with Crippen molar-refractivity contribution in [3.8, 4) is 5.75 Å². The number of ether oxygens (including phenoxy) is 1. The summed E-state index contributed by atoms with van der Waals surface area (Å²) in [5.41, 5.74) is 5.97. The minimum atomic E-state index is -0.514. The highest BCUT2D eigenvalue weighted by Gasteiger charge is 2.12. The molecule has 1 atom stereocenters. The Morgan fingerprint density at radius 2 is 2.21 bits per heavy atom. The first-order chi connectivity index (χ1) is 6.56. The highest BCUT2D eigenvalue weighted by atomic mass is 35.5. The molecule has 0 radical (unpaired) electrons. The molecule has 0 amide bonds. The van der Waals surface area contributed by atoms with Gasteiger partial charge in [-0.15, -0.1) is 0 Å². The number of benzene rings is 1. The van der Waals surface area contributed by atoms with E-state index in [1.807, 2.05) is 0 Å². The largest absolute Gasteiger partial charge is 0.495 e. The van der Waals surface area contributed by atoms with Crippen LogP contribution in [0.5, 0.6) is 5.75 Å². The highest BCUT2D eigenvalue weighted by Crippen LogP contribution is 2.25. The van der Waals surface area contributed by atoms with Gasteiger partial charge in [0.1, 0.15) is 5.75 Å². The van der Waals surface area contributed by atoms with E-state index in [-0.39, 0.29) is 5.78 Å². The van der Waals surface area contributed by atoms with Crippen LogP contribution in [-0.2, 0) is 0 Å². The normalized spacial score (nSPS) is 12.3. The van der Waals surface area contributed by atoms with Gasteiger partial charge in [0.15, 0.2) is 5.78 Å². The first-order valence-corrected chi connectivity index (χ1v) is 4.57. The molecule has 2 N–H and O–H groups in total. The average molecular weight is 214 g/mol. The Hall–Kier alpha value is -1.06. The first-order valence-electron chi connectivity index (χ1n) is 4.19. The lowest BCUT2D eigenvalue weighted by atomic mass is 10.1. The Labute approximate surface area is 87.8 Å². The van der Waals surface area contributed by atoms with Crippen molar-refractivity contribution in [1.82, 2.24) is 0 Å². The van der Waals surface area contributed by atoms with Crippen LogP contribution in [0.1, 0.15) is 17.3 Å². The molecule has 0 aromatic heterocycles. The summed E-state index contributed by atoms with van der Waals surface area (Å²) >= 11 is 5.86. The Kier molecular flexibility index (Phi) is 3.49. The summed E-state index contributed by atoms with van der Waals surface area (Å²) in [6.07, 6.45) is 0. The van der Waals surface area contributed by atoms with Crippen LogP contribution in [0, 0.1) is 0 Å². The number of Topliss-reactive ketones (excluding diaryl/α,β-unsaturated/α-hetero) is 1. The van der Waals surface area contributed by atoms with E-state index in [9.17, 15) is 4.79 Å². The summed E-state index contributed by atoms with van der Waals surface area (Å²) in [5.74, 6) is 0.419. The van der Waals surface area contributed by atoms with Crippen molar-refractivity contribution in [2.75, 3.05) is 7.11 Å². The molecule has 0 spiro atoms. The lowest BCUT2D eigenvalue weighted by molar-refractivity contribution is 0.0968. The number of rotatable bonds is 3. The molecule has 14 heavy (non-hydrogen) atoms. The quantitative estimate of drug-likeness (QED) is 0.780. The third-order valence-corrected chi connectivity index (χ3v) is 2.15. The van der Waals surface area contributed by atoms with Crippen molar-refractivity contribution >= 4 is 17.4 Å². The molecule has 76 valence electrons. The third kappa shape index (κ3) is 2.25. The Bertz CT molecular complexity index is 350. The van der Waals surface area contributed by atoms with Gasteiger partial charge >= 0.3 is 0 Å². The zero-order valence-corrected chi connectivity index (χ0v) is 8.84. The van der Waals surface area contributed by atoms with E-state index in [2.05, 4.69) is 0 Å². The molecule has 0 aliphatic rings. The van der Waals surface area contributed by atoms with Crippen molar-refractivity contribution < 1.29 is 9.53 Å². The van der Waals surface area contributed by atoms with Crippen LogP contribution in [0.4, 0.5) is 0 Å². The van der Waals surface area contributed by atoms with Crippen LogP contribution >= 0.6 is 11.6 Å². The van der Waals surface area contributed by atoms with Gasteiger partial charge in [-0.05, 0) is 25.1 Å². The van der Waals surface area contributed by atoms with Gasteiger partial charge in [-0.3, -0.25) is 4.79 Å². The fourth-order valence-electron chi connectivity index (χ4n) is 1.08. The highest BCUT2D eigenvalue weighted by molar-refractivity contribution is 6.32. The van der Waals surface area contributed by atoms with Crippen LogP contribution in [0.25, 0.3) is 0 Å². The summed E-state index contributed by atoms with van der Waals surface area (Å²) < 4.78 is 4.97. The maximum atomic E-state index is 11.5. The Balaban J connectivity index is 3.03. The van der Waals surface area contributed by atoms with E-state index in [1.54, 1.807) is 25.1 Å². The van der Waals surface area contributed by atoms with E-state index in [0.29, 0.717) is 16.3 Å². The fourth-order valence-corrected chi connectivity index (χ4v) is 1.34. The van der Waals surface area contributed by atoms with Gasteiger partial charge in [-0.1, -0.05) is 11.6 Å². The molecule has 0 saturated carbocycles. The second kappa shape index (κ2) is 4.44. The monoisotopic (exact) mass is 213 g/mol. The molecular formula is C10H12ClNO2. The molecule has 0 aliphatic carbocycles. The maximum Gasteiger partial charge on any atom is 0.179 e. The smallest absolute Gasteiger partial charge is 0.179 e. The van der Waals surface area contributed by atoms with E-state index in [4.69, 9.17) is 22.1 Å². The van der Waals surface area contributed by atoms with Crippen molar-refractivity contribution in [2.24, 2.45) is 5.73 Å². The van der Waals surface area contributed by atoms with Crippen molar-refractivity contribution in [1.29, 1.82) is 0 Å². The van der Waals surface area contributed by atoms with Gasteiger partial charge in [-0.25, -0.2) is 0 Å². The number of halogens is 1. The summed E-state index contributed by atoms with van der Waals surface area (Å²) in [4.78, 5) is 11.5. The van der Waals surface area contributed by atoms with Crippen molar-refractivity contribution in [3.63, 3.8) is 0 Å². The number of methoxy groups -OCH3 is 1. The predicted octanol–water partition coefficient (Wildman–Crippen LogP) is 1.88. The van der Waals surface area contributed by atoms with Crippen LogP contribution in [-0.4, -0.2) is 18.9 Å². The molecule has 0 heterocycles. The zero-order chi connectivity index (χ0) is 10.7. The third-order valence-electron chi connectivity index (χ3n) is 1.85. The molecule has 1 unspecified atom stereocenters. The van der Waals surface area contributed by atoms with E-state index in [0.717, 1.165) is 0 Å². The predicted molar refractivity (Wildman–Crippen MR) is 56.0 cm³/mol. The maximum absolute atomic E-state index is 11.5. The van der Waals surface area contributed by atoms with E-state index < -0.39 is 6.04 Å². The van der Waals surface area contributed by atoms with Crippen molar-refractivity contribution in [3.05, 3.63) is 28.8 Å². The lowest BCUT2D eigenvalue weighted by Gasteiger charge is -2.07. The molecule has 0 aliphatic heterocycles. The molecule has 4 heteroatoms. The summed E-state index contributed by atoms with van der Waals surface area (Å²) in [5, 5.41) is 0.416. The van der Waals surface area contributed by atoms with Gasteiger partial charge < -0.3 is 10.5 Å². The molecular weight excluding hydrogens is 202 g/mol.